The number of nitrogens with zero attached hydrogens (tertiary/aromatic N) is 2. The maximum absolute atomic E-state index is 5.63. The van der Waals surface area contributed by atoms with Gasteiger partial charge in [-0.3, -0.25) is 4.57 Å². The molecular formula is C19H23N3. The topological polar surface area (TPSA) is 43.8 Å². The molecule has 0 aliphatic carbocycles. The Morgan fingerprint density at radius 3 is 2.41 bits per heavy atom. The minimum Gasteiger partial charge on any atom is -0.330 e. The van der Waals surface area contributed by atoms with E-state index in [9.17, 15) is 0 Å². The Morgan fingerprint density at radius 1 is 1.05 bits per heavy atom. The van der Waals surface area contributed by atoms with Crippen LogP contribution in [0.1, 0.15) is 29.4 Å². The fraction of sp³-hybridized carbons (Fsp3) is 0.316. The quantitative estimate of drug-likeness (QED) is 0.797. The summed E-state index contributed by atoms with van der Waals surface area (Å²) in [4.78, 5) is 4.87. The molecule has 2 N–H and O–H groups in total. The van der Waals surface area contributed by atoms with E-state index in [0.717, 1.165) is 24.2 Å². The fourth-order valence-electron chi connectivity index (χ4n) is 2.93. The van der Waals surface area contributed by atoms with Crippen molar-refractivity contribution in [2.24, 2.45) is 5.73 Å². The molecule has 1 heterocycles. The molecule has 0 atom stereocenters. The Kier molecular flexibility index (Phi) is 3.99. The number of fused-ring (bicyclic) bond motifs is 1. The Balaban J connectivity index is 2.18. The minimum absolute atomic E-state index is 0.687. The van der Waals surface area contributed by atoms with Crippen molar-refractivity contribution in [3.05, 3.63) is 58.9 Å². The highest BCUT2D eigenvalue weighted by Gasteiger charge is 2.13. The molecule has 0 aliphatic heterocycles. The van der Waals surface area contributed by atoms with Crippen molar-refractivity contribution in [3.63, 3.8) is 0 Å². The van der Waals surface area contributed by atoms with E-state index in [2.05, 4.69) is 61.7 Å². The van der Waals surface area contributed by atoms with E-state index < -0.39 is 0 Å². The van der Waals surface area contributed by atoms with Crippen molar-refractivity contribution in [2.45, 2.75) is 33.6 Å². The van der Waals surface area contributed by atoms with Crippen molar-refractivity contribution in [3.8, 4) is 5.69 Å². The molecule has 3 aromatic rings. The maximum Gasteiger partial charge on any atom is 0.114 e. The number of benzene rings is 2. The van der Waals surface area contributed by atoms with Crippen LogP contribution in [0.3, 0.4) is 0 Å². The van der Waals surface area contributed by atoms with Gasteiger partial charge < -0.3 is 5.73 Å². The van der Waals surface area contributed by atoms with Crippen molar-refractivity contribution < 1.29 is 0 Å². The monoisotopic (exact) mass is 293 g/mol. The van der Waals surface area contributed by atoms with Crippen LogP contribution in [0, 0.1) is 13.8 Å². The summed E-state index contributed by atoms with van der Waals surface area (Å²) in [7, 11) is 0. The molecule has 0 amide bonds. The average molecular weight is 293 g/mol. The van der Waals surface area contributed by atoms with Gasteiger partial charge in [0, 0.05) is 12.1 Å². The molecule has 22 heavy (non-hydrogen) atoms. The Hall–Kier alpha value is -2.13. The Bertz CT molecular complexity index is 798. The molecule has 0 saturated heterocycles. The van der Waals surface area contributed by atoms with Gasteiger partial charge in [0.25, 0.3) is 0 Å². The summed E-state index contributed by atoms with van der Waals surface area (Å²) in [6.07, 6.45) is 1.83. The summed E-state index contributed by atoms with van der Waals surface area (Å²) in [5.41, 5.74) is 12.9. The number of hydrogen-bond donors (Lipinski definition) is 1. The SMILES string of the molecule is CCc1nc2c(C)c(C)ccc2n1-c1ccc(CCN)cc1. The highest BCUT2D eigenvalue weighted by atomic mass is 15.1. The third-order valence-electron chi connectivity index (χ3n) is 4.36. The van der Waals surface area contributed by atoms with E-state index in [1.54, 1.807) is 0 Å². The molecule has 3 heteroatoms. The minimum atomic E-state index is 0.687. The maximum atomic E-state index is 5.63. The van der Waals surface area contributed by atoms with Gasteiger partial charge in [0.15, 0.2) is 0 Å². The summed E-state index contributed by atoms with van der Waals surface area (Å²) in [6.45, 7) is 7.13. The van der Waals surface area contributed by atoms with E-state index in [1.165, 1.54) is 27.9 Å². The van der Waals surface area contributed by atoms with Crippen LogP contribution in [0.2, 0.25) is 0 Å². The van der Waals surface area contributed by atoms with Crippen molar-refractivity contribution >= 4 is 11.0 Å². The van der Waals surface area contributed by atoms with Crippen LogP contribution in [-0.4, -0.2) is 16.1 Å². The smallest absolute Gasteiger partial charge is 0.114 e. The molecule has 0 fully saturated rings. The standard InChI is InChI=1S/C19H23N3/c1-4-18-21-19-14(3)13(2)5-10-17(19)22(18)16-8-6-15(7-9-16)11-12-20/h5-10H,4,11-12,20H2,1-3H3. The van der Waals surface area contributed by atoms with E-state index in [-0.39, 0.29) is 0 Å². The van der Waals surface area contributed by atoms with E-state index in [1.807, 2.05) is 0 Å². The molecule has 0 saturated carbocycles. The number of aryl methyl sites for hydroxylation is 3. The van der Waals surface area contributed by atoms with Crippen LogP contribution in [0.25, 0.3) is 16.7 Å². The van der Waals surface area contributed by atoms with Gasteiger partial charge in [0.05, 0.1) is 11.0 Å². The van der Waals surface area contributed by atoms with Crippen molar-refractivity contribution in [1.29, 1.82) is 0 Å². The van der Waals surface area contributed by atoms with Gasteiger partial charge in [-0.15, -0.1) is 0 Å². The normalized spacial score (nSPS) is 11.3. The molecule has 0 unspecified atom stereocenters. The van der Waals surface area contributed by atoms with Crippen molar-refractivity contribution in [1.82, 2.24) is 9.55 Å². The van der Waals surface area contributed by atoms with E-state index >= 15 is 0 Å². The third-order valence-corrected chi connectivity index (χ3v) is 4.36. The lowest BCUT2D eigenvalue weighted by Crippen LogP contribution is -2.03. The van der Waals surface area contributed by atoms with Crippen LogP contribution in [0.15, 0.2) is 36.4 Å². The first-order valence-corrected chi connectivity index (χ1v) is 7.92. The van der Waals surface area contributed by atoms with Crippen LogP contribution in [0.4, 0.5) is 0 Å². The predicted octanol–water partition coefficient (Wildman–Crippen LogP) is 3.71. The second kappa shape index (κ2) is 5.93. The second-order valence-electron chi connectivity index (χ2n) is 5.80. The number of hydrogen-bond acceptors (Lipinski definition) is 2. The molecule has 1 aromatic heterocycles. The third kappa shape index (κ3) is 2.42. The zero-order valence-electron chi connectivity index (χ0n) is 13.6. The van der Waals surface area contributed by atoms with Crippen LogP contribution in [0.5, 0.6) is 0 Å². The first-order chi connectivity index (χ1) is 10.7. The zero-order valence-corrected chi connectivity index (χ0v) is 13.6. The van der Waals surface area contributed by atoms with Crippen molar-refractivity contribution in [2.75, 3.05) is 6.54 Å². The fourth-order valence-corrected chi connectivity index (χ4v) is 2.93. The lowest BCUT2D eigenvalue weighted by atomic mass is 10.1. The molecule has 0 aliphatic rings. The number of rotatable bonds is 4. The highest BCUT2D eigenvalue weighted by Crippen LogP contribution is 2.26. The van der Waals surface area contributed by atoms with E-state index in [4.69, 9.17) is 10.7 Å². The largest absolute Gasteiger partial charge is 0.330 e. The Morgan fingerprint density at radius 2 is 1.77 bits per heavy atom. The van der Waals surface area contributed by atoms with Gasteiger partial charge in [-0.05, 0) is 61.7 Å². The molecule has 0 radical (unpaired) electrons. The average Bonchev–Trinajstić information content (AvgIpc) is 2.91. The number of nitrogens with two attached hydrogens (primary N) is 1. The van der Waals surface area contributed by atoms with Gasteiger partial charge in [0.2, 0.25) is 0 Å². The van der Waals surface area contributed by atoms with Gasteiger partial charge in [-0.2, -0.15) is 0 Å². The summed E-state index contributed by atoms with van der Waals surface area (Å²) in [5, 5.41) is 0. The molecule has 3 nitrogen and oxygen atoms in total. The summed E-state index contributed by atoms with van der Waals surface area (Å²) >= 11 is 0. The molecule has 2 aromatic carbocycles. The molecule has 0 spiro atoms. The summed E-state index contributed by atoms with van der Waals surface area (Å²) < 4.78 is 2.27. The van der Waals surface area contributed by atoms with Gasteiger partial charge in [-0.25, -0.2) is 4.98 Å². The second-order valence-corrected chi connectivity index (χ2v) is 5.80. The summed E-state index contributed by atoms with van der Waals surface area (Å²) in [6, 6.07) is 13.0. The summed E-state index contributed by atoms with van der Waals surface area (Å²) in [5.74, 6) is 1.11. The van der Waals surface area contributed by atoms with Crippen LogP contribution < -0.4 is 5.73 Å². The highest BCUT2D eigenvalue weighted by molar-refractivity contribution is 5.82. The van der Waals surface area contributed by atoms with Gasteiger partial charge in [0.1, 0.15) is 5.82 Å². The molecular weight excluding hydrogens is 270 g/mol. The molecule has 114 valence electrons. The molecule has 3 rings (SSSR count). The van der Waals surface area contributed by atoms with E-state index in [0.29, 0.717) is 6.54 Å². The van der Waals surface area contributed by atoms with Crippen LogP contribution in [-0.2, 0) is 12.8 Å². The lowest BCUT2D eigenvalue weighted by molar-refractivity contribution is 0.905. The molecule has 0 bridgehead atoms. The van der Waals surface area contributed by atoms with Crippen LogP contribution >= 0.6 is 0 Å². The zero-order chi connectivity index (χ0) is 15.7. The Labute approximate surface area is 131 Å². The predicted molar refractivity (Wildman–Crippen MR) is 92.7 cm³/mol. The van der Waals surface area contributed by atoms with Gasteiger partial charge >= 0.3 is 0 Å². The number of imidazole rings is 1. The van der Waals surface area contributed by atoms with Gasteiger partial charge in [-0.1, -0.05) is 25.1 Å². The lowest BCUT2D eigenvalue weighted by Gasteiger charge is -2.10. The first kappa shape index (κ1) is 14.8. The first-order valence-electron chi connectivity index (χ1n) is 7.92. The number of aromatic nitrogens is 2.